The van der Waals surface area contributed by atoms with Crippen LogP contribution >= 0.6 is 0 Å². The number of methoxy groups -OCH3 is 1. The molecule has 164 valence electrons. The van der Waals surface area contributed by atoms with Crippen molar-refractivity contribution in [2.75, 3.05) is 33.3 Å². The van der Waals surface area contributed by atoms with E-state index in [2.05, 4.69) is 10.3 Å². The van der Waals surface area contributed by atoms with E-state index in [1.165, 1.54) is 31.5 Å². The Labute approximate surface area is 175 Å². The smallest absolute Gasteiger partial charge is 0.410 e. The van der Waals surface area contributed by atoms with Crippen molar-refractivity contribution >= 4 is 12.3 Å². The minimum atomic E-state index is -3.24. The molecule has 0 radical (unpaired) electrons. The number of benzene rings is 1. The molecular weight excluding hydrogens is 394 g/mol. The fourth-order valence-electron chi connectivity index (χ4n) is 3.36. The van der Waals surface area contributed by atoms with E-state index in [4.69, 9.17) is 9.47 Å². The molecule has 2 aliphatic rings. The van der Waals surface area contributed by atoms with E-state index in [0.717, 1.165) is 0 Å². The van der Waals surface area contributed by atoms with Crippen molar-refractivity contribution in [2.24, 2.45) is 4.99 Å². The Balaban J connectivity index is 1.71. The van der Waals surface area contributed by atoms with Crippen molar-refractivity contribution in [2.45, 2.75) is 38.3 Å². The van der Waals surface area contributed by atoms with Gasteiger partial charge in [0, 0.05) is 45.1 Å². The summed E-state index contributed by atoms with van der Waals surface area (Å²) < 4.78 is 41.1. The second kappa shape index (κ2) is 8.31. The maximum Gasteiger partial charge on any atom is 0.410 e. The molecule has 0 aliphatic carbocycles. The fraction of sp³-hybridized carbons (Fsp3) is 0.524. The summed E-state index contributed by atoms with van der Waals surface area (Å²) in [6.45, 7) is 6.91. The molecule has 1 saturated heterocycles. The Morgan fingerprint density at radius 3 is 2.33 bits per heavy atom. The number of rotatable bonds is 4. The highest BCUT2D eigenvalue weighted by Crippen LogP contribution is 2.37. The van der Waals surface area contributed by atoms with E-state index in [0.29, 0.717) is 26.2 Å². The number of hydrogen-bond donors (Lipinski definition) is 1. The summed E-state index contributed by atoms with van der Waals surface area (Å²) in [6, 6.07) is 7.58. The number of piperazine rings is 1. The summed E-state index contributed by atoms with van der Waals surface area (Å²) in [5, 5.41) is 2.79. The van der Waals surface area contributed by atoms with E-state index in [1.807, 2.05) is 20.8 Å². The van der Waals surface area contributed by atoms with Gasteiger partial charge < -0.3 is 19.7 Å². The second-order valence-electron chi connectivity index (χ2n) is 8.19. The number of ether oxygens (including phenoxy) is 2. The predicted octanol–water partition coefficient (Wildman–Crippen LogP) is 3.15. The van der Waals surface area contributed by atoms with Crippen molar-refractivity contribution in [3.63, 3.8) is 0 Å². The first-order valence-electron chi connectivity index (χ1n) is 9.83. The Morgan fingerprint density at radius 1 is 1.13 bits per heavy atom. The van der Waals surface area contributed by atoms with Gasteiger partial charge in [-0.1, -0.05) is 30.3 Å². The molecule has 7 nitrogen and oxygen atoms in total. The number of allylic oxidation sites excluding steroid dienone is 2. The van der Waals surface area contributed by atoms with Crippen LogP contribution in [0, 0.1) is 0 Å². The Morgan fingerprint density at radius 2 is 1.77 bits per heavy atom. The van der Waals surface area contributed by atoms with Crippen LogP contribution in [0.3, 0.4) is 0 Å². The summed E-state index contributed by atoms with van der Waals surface area (Å²) in [5.74, 6) is -4.71. The number of carbonyl (C=O) groups excluding carboxylic acids is 1. The minimum absolute atomic E-state index is 0.126. The van der Waals surface area contributed by atoms with Crippen LogP contribution in [0.4, 0.5) is 13.6 Å². The summed E-state index contributed by atoms with van der Waals surface area (Å²) in [4.78, 5) is 20.0. The highest BCUT2D eigenvalue weighted by atomic mass is 19.3. The number of nitrogens with zero attached hydrogens (tertiary/aromatic N) is 3. The highest BCUT2D eigenvalue weighted by Gasteiger charge is 2.47. The molecule has 30 heavy (non-hydrogen) atoms. The molecule has 1 N–H and O–H groups in total. The molecule has 2 aliphatic heterocycles. The third-order valence-corrected chi connectivity index (χ3v) is 4.91. The third kappa shape index (κ3) is 4.62. The molecule has 0 aromatic heterocycles. The van der Waals surface area contributed by atoms with E-state index >= 15 is 8.78 Å². The molecule has 1 aromatic rings. The van der Waals surface area contributed by atoms with Crippen LogP contribution < -0.4 is 5.32 Å². The van der Waals surface area contributed by atoms with Crippen LogP contribution in [0.2, 0.25) is 0 Å². The van der Waals surface area contributed by atoms with Gasteiger partial charge in [0.2, 0.25) is 0 Å². The lowest BCUT2D eigenvalue weighted by Crippen LogP contribution is -2.65. The van der Waals surface area contributed by atoms with Crippen LogP contribution in [0.25, 0.3) is 0 Å². The summed E-state index contributed by atoms with van der Waals surface area (Å²) in [5.41, 5.74) is -1.01. The van der Waals surface area contributed by atoms with E-state index < -0.39 is 23.6 Å². The zero-order valence-corrected chi connectivity index (χ0v) is 17.7. The van der Waals surface area contributed by atoms with Crippen molar-refractivity contribution in [3.05, 3.63) is 47.7 Å². The number of hydrogen-bond acceptors (Lipinski definition) is 6. The molecule has 0 spiro atoms. The predicted molar refractivity (Wildman–Crippen MR) is 109 cm³/mol. The maximum atomic E-state index is 15.1. The van der Waals surface area contributed by atoms with Crippen LogP contribution in [0.15, 0.2) is 47.1 Å². The molecule has 3 rings (SSSR count). The molecule has 0 bridgehead atoms. The lowest BCUT2D eigenvalue weighted by atomic mass is 10.0. The zero-order valence-electron chi connectivity index (χ0n) is 17.7. The standard InChI is InChI=1S/C21H28F2N4O3/c1-19(2,3)30-18(28)26-12-14-27(15-13-26)21(29-4)24-11-10-17(25-21)20(22,23)16-8-6-5-7-9-16/h5-11,25H,12-15H2,1-4H3. The fourth-order valence-corrected chi connectivity index (χ4v) is 3.36. The van der Waals surface area contributed by atoms with Gasteiger partial charge in [-0.05, 0) is 26.8 Å². The van der Waals surface area contributed by atoms with Gasteiger partial charge in [0.1, 0.15) is 5.60 Å². The first kappa shape index (κ1) is 22.2. The highest BCUT2D eigenvalue weighted by molar-refractivity contribution is 5.74. The van der Waals surface area contributed by atoms with Gasteiger partial charge in [0.15, 0.2) is 0 Å². The molecule has 1 aromatic carbocycles. The number of alkyl halides is 2. The summed E-state index contributed by atoms with van der Waals surface area (Å²) >= 11 is 0. The van der Waals surface area contributed by atoms with Crippen LogP contribution in [-0.2, 0) is 15.4 Å². The maximum absolute atomic E-state index is 15.1. The van der Waals surface area contributed by atoms with Gasteiger partial charge in [-0.15, -0.1) is 0 Å². The van der Waals surface area contributed by atoms with E-state index in [9.17, 15) is 4.79 Å². The zero-order chi connectivity index (χ0) is 22.0. The quantitative estimate of drug-likeness (QED) is 0.808. The van der Waals surface area contributed by atoms with Crippen LogP contribution in [-0.4, -0.2) is 67.0 Å². The lowest BCUT2D eigenvalue weighted by molar-refractivity contribution is -0.165. The normalized spacial score (nSPS) is 23.0. The molecule has 1 fully saturated rings. The topological polar surface area (TPSA) is 66.4 Å². The molecule has 2 heterocycles. The average molecular weight is 422 g/mol. The Bertz CT molecular complexity index is 815. The van der Waals surface area contributed by atoms with Gasteiger partial charge in [0.25, 0.3) is 0 Å². The van der Waals surface area contributed by atoms with Gasteiger partial charge in [-0.3, -0.25) is 0 Å². The van der Waals surface area contributed by atoms with Crippen LogP contribution in [0.1, 0.15) is 26.3 Å². The van der Waals surface area contributed by atoms with E-state index in [-0.39, 0.29) is 11.3 Å². The molecule has 1 amide bonds. The number of halogens is 2. The number of amides is 1. The minimum Gasteiger partial charge on any atom is -0.444 e. The largest absolute Gasteiger partial charge is 0.444 e. The third-order valence-electron chi connectivity index (χ3n) is 4.91. The number of aliphatic imine (C=N–C) groups is 1. The number of carbonyl (C=O) groups is 1. The van der Waals surface area contributed by atoms with Gasteiger partial charge in [-0.2, -0.15) is 8.78 Å². The lowest BCUT2D eigenvalue weighted by Gasteiger charge is -2.46. The van der Waals surface area contributed by atoms with Gasteiger partial charge in [0.05, 0.1) is 5.70 Å². The first-order valence-corrected chi connectivity index (χ1v) is 9.83. The van der Waals surface area contributed by atoms with Gasteiger partial charge in [-0.25, -0.2) is 14.7 Å². The molecular formula is C21H28F2N4O3. The first-order chi connectivity index (χ1) is 14.1. The van der Waals surface area contributed by atoms with Crippen molar-refractivity contribution < 1.29 is 23.0 Å². The van der Waals surface area contributed by atoms with Crippen molar-refractivity contribution in [1.82, 2.24) is 15.1 Å². The van der Waals surface area contributed by atoms with E-state index in [1.54, 1.807) is 28.0 Å². The average Bonchev–Trinajstić information content (AvgIpc) is 2.73. The second-order valence-corrected chi connectivity index (χ2v) is 8.19. The molecule has 1 unspecified atom stereocenters. The Hall–Kier alpha value is -2.52. The van der Waals surface area contributed by atoms with Crippen molar-refractivity contribution in [1.29, 1.82) is 0 Å². The number of nitrogens with one attached hydrogen (secondary N) is 1. The molecule has 0 saturated carbocycles. The monoisotopic (exact) mass is 422 g/mol. The summed E-state index contributed by atoms with van der Waals surface area (Å²) in [7, 11) is 1.41. The van der Waals surface area contributed by atoms with Gasteiger partial charge >= 0.3 is 18.0 Å². The SMILES string of the molecule is COC1(N2CCN(C(=O)OC(C)(C)C)CC2)N=CC=C(C(F)(F)c2ccccc2)N1. The molecule has 1 atom stereocenters. The van der Waals surface area contributed by atoms with Crippen LogP contribution in [0.5, 0.6) is 0 Å². The molecule has 9 heteroatoms. The van der Waals surface area contributed by atoms with Crippen molar-refractivity contribution in [3.8, 4) is 0 Å². The summed E-state index contributed by atoms with van der Waals surface area (Å²) in [6.07, 6.45) is 2.18. The Kier molecular flexibility index (Phi) is 6.14.